The number of rotatable bonds is 5. The van der Waals surface area contributed by atoms with Crippen molar-refractivity contribution in [2.24, 2.45) is 0 Å². The van der Waals surface area contributed by atoms with E-state index in [0.717, 1.165) is 45.5 Å². The second-order valence-electron chi connectivity index (χ2n) is 6.99. The molecule has 152 valence electrons. The quantitative estimate of drug-likeness (QED) is 0.486. The van der Waals surface area contributed by atoms with Crippen molar-refractivity contribution in [1.82, 2.24) is 9.97 Å². The highest BCUT2D eigenvalue weighted by Crippen LogP contribution is 2.35. The van der Waals surface area contributed by atoms with E-state index in [1.807, 2.05) is 31.2 Å². The van der Waals surface area contributed by atoms with Crippen LogP contribution in [-0.2, 0) is 9.53 Å². The van der Waals surface area contributed by atoms with Gasteiger partial charge < -0.3 is 15.0 Å². The maximum Gasteiger partial charge on any atom is 0.234 e. The Hall–Kier alpha value is -2.16. The molecule has 1 aliphatic rings. The summed E-state index contributed by atoms with van der Waals surface area (Å²) in [7, 11) is 0. The molecule has 0 spiro atoms. The molecule has 0 radical (unpaired) electrons. The van der Waals surface area contributed by atoms with Gasteiger partial charge in [-0.2, -0.15) is 0 Å². The first-order chi connectivity index (χ1) is 14.0. The molecular weight excluding hydrogens is 404 g/mol. The molecule has 0 aliphatic carbocycles. The lowest BCUT2D eigenvalue weighted by Crippen LogP contribution is -2.36. The van der Waals surface area contributed by atoms with E-state index in [0.29, 0.717) is 19.0 Å². The number of benzene rings is 1. The standard InChI is InChI=1S/C21H24N4O2S2/c1-13-14(2)29-21-19(13)20(22-15(3)23-21)28-12-18(26)24-16-6-4-5-7-17(16)25-8-10-27-11-9-25/h4-7H,8-12H2,1-3H3,(H,24,26). The maximum absolute atomic E-state index is 12.7. The normalized spacial score (nSPS) is 14.4. The van der Waals surface area contributed by atoms with Crippen molar-refractivity contribution in [2.75, 3.05) is 42.3 Å². The maximum atomic E-state index is 12.7. The Morgan fingerprint density at radius 1 is 1.21 bits per heavy atom. The number of para-hydroxylation sites is 2. The number of morpholine rings is 1. The number of hydrogen-bond donors (Lipinski definition) is 1. The van der Waals surface area contributed by atoms with E-state index in [2.05, 4.69) is 34.0 Å². The van der Waals surface area contributed by atoms with Gasteiger partial charge >= 0.3 is 0 Å². The molecule has 0 bridgehead atoms. The summed E-state index contributed by atoms with van der Waals surface area (Å²) >= 11 is 3.15. The third-order valence-electron chi connectivity index (χ3n) is 4.98. The molecule has 8 heteroatoms. The van der Waals surface area contributed by atoms with Gasteiger partial charge in [-0.15, -0.1) is 11.3 Å². The molecule has 1 N–H and O–H groups in total. The van der Waals surface area contributed by atoms with Crippen LogP contribution in [-0.4, -0.2) is 47.9 Å². The minimum absolute atomic E-state index is 0.0373. The number of aromatic nitrogens is 2. The molecule has 29 heavy (non-hydrogen) atoms. The Kier molecular flexibility index (Phi) is 6.03. The fourth-order valence-corrected chi connectivity index (χ4v) is 5.47. The van der Waals surface area contributed by atoms with E-state index in [9.17, 15) is 4.79 Å². The number of fused-ring (bicyclic) bond motifs is 1. The zero-order valence-electron chi connectivity index (χ0n) is 16.8. The third-order valence-corrected chi connectivity index (χ3v) is 7.05. The molecule has 6 nitrogen and oxygen atoms in total. The summed E-state index contributed by atoms with van der Waals surface area (Å²) < 4.78 is 5.44. The van der Waals surface area contributed by atoms with Gasteiger partial charge in [-0.1, -0.05) is 23.9 Å². The molecule has 1 amide bonds. The Morgan fingerprint density at radius 3 is 2.76 bits per heavy atom. The van der Waals surface area contributed by atoms with E-state index in [1.54, 1.807) is 11.3 Å². The molecule has 2 aromatic heterocycles. The topological polar surface area (TPSA) is 67.4 Å². The van der Waals surface area contributed by atoms with Crippen LogP contribution in [0, 0.1) is 20.8 Å². The molecule has 3 heterocycles. The lowest BCUT2D eigenvalue weighted by atomic mass is 10.2. The Balaban J connectivity index is 1.49. The van der Waals surface area contributed by atoms with Crippen LogP contribution in [0.25, 0.3) is 10.2 Å². The first-order valence-corrected chi connectivity index (χ1v) is 11.4. The number of nitrogens with one attached hydrogen (secondary N) is 1. The minimum atomic E-state index is -0.0373. The van der Waals surface area contributed by atoms with Crippen molar-refractivity contribution in [3.8, 4) is 0 Å². The summed E-state index contributed by atoms with van der Waals surface area (Å²) in [4.78, 5) is 26.4. The number of aryl methyl sites for hydroxylation is 3. The van der Waals surface area contributed by atoms with Crippen LogP contribution in [0.3, 0.4) is 0 Å². The monoisotopic (exact) mass is 428 g/mol. The fraction of sp³-hybridized carbons (Fsp3) is 0.381. The second kappa shape index (κ2) is 8.69. The average molecular weight is 429 g/mol. The van der Waals surface area contributed by atoms with E-state index in [4.69, 9.17) is 4.74 Å². The Morgan fingerprint density at radius 2 is 1.97 bits per heavy atom. The largest absolute Gasteiger partial charge is 0.378 e. The molecule has 0 unspecified atom stereocenters. The second-order valence-corrected chi connectivity index (χ2v) is 9.16. The van der Waals surface area contributed by atoms with Crippen LogP contribution in [0.1, 0.15) is 16.3 Å². The van der Waals surface area contributed by atoms with Gasteiger partial charge in [-0.25, -0.2) is 9.97 Å². The molecule has 4 rings (SSSR count). The molecule has 3 aromatic rings. The Labute approximate surface area is 178 Å². The van der Waals surface area contributed by atoms with Crippen molar-refractivity contribution in [1.29, 1.82) is 0 Å². The van der Waals surface area contributed by atoms with Gasteiger partial charge in [0.05, 0.1) is 30.3 Å². The third kappa shape index (κ3) is 4.39. The van der Waals surface area contributed by atoms with Crippen molar-refractivity contribution in [3.05, 3.63) is 40.5 Å². The number of thioether (sulfide) groups is 1. The first-order valence-electron chi connectivity index (χ1n) is 9.61. The minimum Gasteiger partial charge on any atom is -0.378 e. The predicted molar refractivity (Wildman–Crippen MR) is 120 cm³/mol. The van der Waals surface area contributed by atoms with Crippen LogP contribution in [0.2, 0.25) is 0 Å². The average Bonchev–Trinajstić information content (AvgIpc) is 3.00. The number of ether oxygens (including phenoxy) is 1. The number of thiophene rings is 1. The zero-order chi connectivity index (χ0) is 20.4. The van der Waals surface area contributed by atoms with Crippen LogP contribution in [0.5, 0.6) is 0 Å². The lowest BCUT2D eigenvalue weighted by Gasteiger charge is -2.30. The first kappa shape index (κ1) is 20.1. The van der Waals surface area contributed by atoms with Crippen LogP contribution < -0.4 is 10.2 Å². The smallest absolute Gasteiger partial charge is 0.234 e. The number of carbonyl (C=O) groups excluding carboxylic acids is 1. The molecule has 0 atom stereocenters. The van der Waals surface area contributed by atoms with Gasteiger partial charge in [0.25, 0.3) is 0 Å². The van der Waals surface area contributed by atoms with Gasteiger partial charge in [-0.3, -0.25) is 4.79 Å². The number of hydrogen-bond acceptors (Lipinski definition) is 7. The SMILES string of the molecule is Cc1nc(SCC(=O)Nc2ccccc2N2CCOCC2)c2c(C)c(C)sc2n1. The molecule has 1 fully saturated rings. The van der Waals surface area contributed by atoms with Crippen molar-refractivity contribution >= 4 is 50.6 Å². The molecule has 1 aliphatic heterocycles. The summed E-state index contributed by atoms with van der Waals surface area (Å²) in [5.74, 6) is 1.00. The van der Waals surface area contributed by atoms with Crippen LogP contribution >= 0.6 is 23.1 Å². The molecular formula is C21H24N4O2S2. The number of anilines is 2. The van der Waals surface area contributed by atoms with Crippen molar-refractivity contribution in [2.45, 2.75) is 25.8 Å². The summed E-state index contributed by atoms with van der Waals surface area (Å²) in [5.41, 5.74) is 3.08. The van der Waals surface area contributed by atoms with Gasteiger partial charge in [0.15, 0.2) is 0 Å². The summed E-state index contributed by atoms with van der Waals surface area (Å²) in [6.45, 7) is 9.16. The van der Waals surface area contributed by atoms with E-state index >= 15 is 0 Å². The van der Waals surface area contributed by atoms with E-state index < -0.39 is 0 Å². The zero-order valence-corrected chi connectivity index (χ0v) is 18.5. The van der Waals surface area contributed by atoms with Crippen molar-refractivity contribution in [3.63, 3.8) is 0 Å². The van der Waals surface area contributed by atoms with Gasteiger partial charge in [-0.05, 0) is 38.5 Å². The van der Waals surface area contributed by atoms with Crippen LogP contribution in [0.4, 0.5) is 11.4 Å². The highest BCUT2D eigenvalue weighted by atomic mass is 32.2. The Bertz CT molecular complexity index is 1040. The summed E-state index contributed by atoms with van der Waals surface area (Å²) in [6, 6.07) is 7.94. The van der Waals surface area contributed by atoms with Gasteiger partial charge in [0.1, 0.15) is 15.7 Å². The number of nitrogens with zero attached hydrogens (tertiary/aromatic N) is 3. The van der Waals surface area contributed by atoms with E-state index in [1.165, 1.54) is 22.2 Å². The molecule has 1 aromatic carbocycles. The predicted octanol–water partition coefficient (Wildman–Crippen LogP) is 4.18. The lowest BCUT2D eigenvalue weighted by molar-refractivity contribution is -0.113. The number of carbonyl (C=O) groups is 1. The molecule has 1 saturated heterocycles. The highest BCUT2D eigenvalue weighted by molar-refractivity contribution is 8.00. The summed E-state index contributed by atoms with van der Waals surface area (Å²) in [6.07, 6.45) is 0. The molecule has 0 saturated carbocycles. The van der Waals surface area contributed by atoms with E-state index in [-0.39, 0.29) is 5.91 Å². The summed E-state index contributed by atoms with van der Waals surface area (Å²) in [5, 5.41) is 5.03. The van der Waals surface area contributed by atoms with Gasteiger partial charge in [0.2, 0.25) is 5.91 Å². The van der Waals surface area contributed by atoms with Gasteiger partial charge in [0, 0.05) is 23.4 Å². The number of amides is 1. The fourth-order valence-electron chi connectivity index (χ4n) is 3.40. The highest BCUT2D eigenvalue weighted by Gasteiger charge is 2.18. The van der Waals surface area contributed by atoms with Crippen molar-refractivity contribution < 1.29 is 9.53 Å². The van der Waals surface area contributed by atoms with Crippen LogP contribution in [0.15, 0.2) is 29.3 Å².